The SMILES string of the molecule is CC1CCC(O)CN1c1nncs1. The molecule has 0 aromatic carbocycles. The molecule has 2 unspecified atom stereocenters. The maximum Gasteiger partial charge on any atom is 0.208 e. The summed E-state index contributed by atoms with van der Waals surface area (Å²) in [5.41, 5.74) is 1.73. The van der Waals surface area contributed by atoms with Crippen molar-refractivity contribution >= 4 is 16.5 Å². The average molecular weight is 199 g/mol. The van der Waals surface area contributed by atoms with Crippen LogP contribution >= 0.6 is 11.3 Å². The second-order valence-electron chi connectivity index (χ2n) is 3.45. The van der Waals surface area contributed by atoms with E-state index in [2.05, 4.69) is 22.0 Å². The first-order valence-corrected chi connectivity index (χ1v) is 5.36. The van der Waals surface area contributed by atoms with Crippen LogP contribution in [0.1, 0.15) is 19.8 Å². The van der Waals surface area contributed by atoms with Crippen LogP contribution in [0.3, 0.4) is 0 Å². The van der Waals surface area contributed by atoms with Gasteiger partial charge in [-0.15, -0.1) is 10.2 Å². The Morgan fingerprint density at radius 2 is 2.46 bits per heavy atom. The molecule has 2 atom stereocenters. The number of aromatic nitrogens is 2. The van der Waals surface area contributed by atoms with Gasteiger partial charge < -0.3 is 10.0 Å². The maximum atomic E-state index is 9.51. The molecule has 1 N–H and O–H groups in total. The van der Waals surface area contributed by atoms with Crippen LogP contribution < -0.4 is 4.90 Å². The zero-order chi connectivity index (χ0) is 9.26. The van der Waals surface area contributed by atoms with Crippen LogP contribution in [-0.4, -0.2) is 34.0 Å². The minimum atomic E-state index is -0.208. The molecule has 0 spiro atoms. The zero-order valence-corrected chi connectivity index (χ0v) is 8.37. The molecule has 1 aromatic heterocycles. The van der Waals surface area contributed by atoms with Gasteiger partial charge in [-0.3, -0.25) is 0 Å². The van der Waals surface area contributed by atoms with Crippen LogP contribution in [0.4, 0.5) is 5.13 Å². The van der Waals surface area contributed by atoms with Gasteiger partial charge in [-0.2, -0.15) is 0 Å². The molecule has 0 aliphatic carbocycles. The van der Waals surface area contributed by atoms with Crippen LogP contribution in [0, 0.1) is 0 Å². The molecule has 5 heteroatoms. The van der Waals surface area contributed by atoms with Crippen LogP contribution in [0.2, 0.25) is 0 Å². The Hall–Kier alpha value is -0.680. The van der Waals surface area contributed by atoms with Gasteiger partial charge >= 0.3 is 0 Å². The van der Waals surface area contributed by atoms with Gasteiger partial charge in [0.2, 0.25) is 5.13 Å². The summed E-state index contributed by atoms with van der Waals surface area (Å²) in [5.74, 6) is 0. The fraction of sp³-hybridized carbons (Fsp3) is 0.750. The maximum absolute atomic E-state index is 9.51. The van der Waals surface area contributed by atoms with E-state index in [1.165, 1.54) is 11.3 Å². The van der Waals surface area contributed by atoms with E-state index in [-0.39, 0.29) is 6.10 Å². The molecule has 0 bridgehead atoms. The van der Waals surface area contributed by atoms with E-state index < -0.39 is 0 Å². The number of aliphatic hydroxyl groups excluding tert-OH is 1. The first-order chi connectivity index (χ1) is 6.27. The molecule has 4 nitrogen and oxygen atoms in total. The van der Waals surface area contributed by atoms with Crippen molar-refractivity contribution in [2.24, 2.45) is 0 Å². The van der Waals surface area contributed by atoms with E-state index in [1.54, 1.807) is 5.51 Å². The van der Waals surface area contributed by atoms with Gasteiger partial charge in [0.05, 0.1) is 6.10 Å². The molecule has 13 heavy (non-hydrogen) atoms. The highest BCUT2D eigenvalue weighted by Gasteiger charge is 2.25. The fourth-order valence-electron chi connectivity index (χ4n) is 1.65. The lowest BCUT2D eigenvalue weighted by molar-refractivity contribution is 0.144. The number of rotatable bonds is 1. The number of aliphatic hydroxyl groups is 1. The first-order valence-electron chi connectivity index (χ1n) is 4.48. The molecule has 72 valence electrons. The van der Waals surface area contributed by atoms with Gasteiger partial charge in [-0.1, -0.05) is 11.3 Å². The van der Waals surface area contributed by atoms with Gasteiger partial charge in [0.1, 0.15) is 5.51 Å². The molecule has 1 fully saturated rings. The Bertz CT molecular complexity index is 264. The predicted octanol–water partition coefficient (Wildman–Crippen LogP) is 0.888. The summed E-state index contributed by atoms with van der Waals surface area (Å²) in [6.07, 6.45) is 1.72. The third-order valence-electron chi connectivity index (χ3n) is 2.45. The Balaban J connectivity index is 2.12. The predicted molar refractivity (Wildman–Crippen MR) is 52.0 cm³/mol. The minimum Gasteiger partial charge on any atom is -0.391 e. The minimum absolute atomic E-state index is 0.208. The van der Waals surface area contributed by atoms with Crippen LogP contribution in [0.5, 0.6) is 0 Å². The van der Waals surface area contributed by atoms with Crippen molar-refractivity contribution in [2.45, 2.75) is 31.9 Å². The van der Waals surface area contributed by atoms with E-state index in [0.29, 0.717) is 12.6 Å². The fourth-order valence-corrected chi connectivity index (χ4v) is 2.32. The molecule has 1 aliphatic heterocycles. The highest BCUT2D eigenvalue weighted by Crippen LogP contribution is 2.25. The number of piperidine rings is 1. The molecule has 2 rings (SSSR count). The summed E-state index contributed by atoms with van der Waals surface area (Å²) in [5, 5.41) is 18.2. The molecule has 2 heterocycles. The van der Waals surface area contributed by atoms with Gasteiger partial charge in [0.25, 0.3) is 0 Å². The number of anilines is 1. The second kappa shape index (κ2) is 3.59. The third-order valence-corrected chi connectivity index (χ3v) is 3.18. The number of hydrogen-bond acceptors (Lipinski definition) is 5. The standard InChI is InChI=1S/C8H13N3OS/c1-6-2-3-7(12)4-11(6)8-10-9-5-13-8/h5-7,12H,2-4H2,1H3. The van der Waals surface area contributed by atoms with Crippen molar-refractivity contribution in [3.05, 3.63) is 5.51 Å². The molecular formula is C8H13N3OS. The molecule has 0 radical (unpaired) electrons. The molecule has 1 aliphatic rings. The average Bonchev–Trinajstić information content (AvgIpc) is 2.61. The van der Waals surface area contributed by atoms with Gasteiger partial charge in [0.15, 0.2) is 0 Å². The Kier molecular flexibility index (Phi) is 2.46. The largest absolute Gasteiger partial charge is 0.391 e. The summed E-state index contributed by atoms with van der Waals surface area (Å²) in [4.78, 5) is 2.13. The molecule has 0 saturated carbocycles. The van der Waals surface area contributed by atoms with Crippen molar-refractivity contribution in [1.82, 2.24) is 10.2 Å². The van der Waals surface area contributed by atoms with E-state index in [4.69, 9.17) is 0 Å². The highest BCUT2D eigenvalue weighted by molar-refractivity contribution is 7.13. The Morgan fingerprint density at radius 1 is 1.62 bits per heavy atom. The van der Waals surface area contributed by atoms with Crippen LogP contribution in [0.15, 0.2) is 5.51 Å². The smallest absolute Gasteiger partial charge is 0.208 e. The van der Waals surface area contributed by atoms with Crippen molar-refractivity contribution in [3.63, 3.8) is 0 Å². The van der Waals surface area contributed by atoms with Crippen LogP contribution in [-0.2, 0) is 0 Å². The lowest BCUT2D eigenvalue weighted by Crippen LogP contribution is -2.44. The summed E-state index contributed by atoms with van der Waals surface area (Å²) in [6.45, 7) is 2.85. The van der Waals surface area contributed by atoms with Crippen molar-refractivity contribution in [2.75, 3.05) is 11.4 Å². The van der Waals surface area contributed by atoms with E-state index in [9.17, 15) is 5.11 Å². The summed E-state index contributed by atoms with van der Waals surface area (Å²) in [7, 11) is 0. The highest BCUT2D eigenvalue weighted by atomic mass is 32.1. The first kappa shape index (κ1) is 8.90. The lowest BCUT2D eigenvalue weighted by Gasteiger charge is -2.35. The number of hydrogen-bond donors (Lipinski definition) is 1. The monoisotopic (exact) mass is 199 g/mol. The van der Waals surface area contributed by atoms with Crippen molar-refractivity contribution in [3.8, 4) is 0 Å². The summed E-state index contributed by atoms with van der Waals surface area (Å²) in [6, 6.07) is 0.469. The lowest BCUT2D eigenvalue weighted by atomic mass is 10.0. The Morgan fingerprint density at radius 3 is 3.15 bits per heavy atom. The molecule has 1 aromatic rings. The molecule has 0 amide bonds. The topological polar surface area (TPSA) is 49.2 Å². The van der Waals surface area contributed by atoms with Crippen LogP contribution in [0.25, 0.3) is 0 Å². The number of β-amino-alcohol motifs (C(OH)–C–C–N with tert-alkyl or cyclic N) is 1. The normalized spacial score (nSPS) is 29.2. The zero-order valence-electron chi connectivity index (χ0n) is 7.55. The van der Waals surface area contributed by atoms with Gasteiger partial charge in [0, 0.05) is 12.6 Å². The Labute approximate surface area is 81.2 Å². The van der Waals surface area contributed by atoms with Crippen molar-refractivity contribution in [1.29, 1.82) is 0 Å². The molecule has 1 saturated heterocycles. The third kappa shape index (κ3) is 1.81. The van der Waals surface area contributed by atoms with E-state index in [0.717, 1.165) is 18.0 Å². The van der Waals surface area contributed by atoms with E-state index in [1.807, 2.05) is 0 Å². The number of nitrogens with zero attached hydrogens (tertiary/aromatic N) is 3. The van der Waals surface area contributed by atoms with Gasteiger partial charge in [-0.25, -0.2) is 0 Å². The molecular weight excluding hydrogens is 186 g/mol. The quantitative estimate of drug-likeness (QED) is 0.729. The van der Waals surface area contributed by atoms with E-state index >= 15 is 0 Å². The summed E-state index contributed by atoms with van der Waals surface area (Å²) < 4.78 is 0. The van der Waals surface area contributed by atoms with Crippen molar-refractivity contribution < 1.29 is 5.11 Å². The van der Waals surface area contributed by atoms with Gasteiger partial charge in [-0.05, 0) is 19.8 Å². The summed E-state index contributed by atoms with van der Waals surface area (Å²) >= 11 is 1.53. The second-order valence-corrected chi connectivity index (χ2v) is 4.27.